The van der Waals surface area contributed by atoms with Gasteiger partial charge in [-0.3, -0.25) is 0 Å². The summed E-state index contributed by atoms with van der Waals surface area (Å²) in [7, 11) is 0. The second-order valence-corrected chi connectivity index (χ2v) is 8.79. The molecule has 1 heteroatoms. The fraction of sp³-hybridized carbons (Fsp3) is 0.0588. The highest BCUT2D eigenvalue weighted by molar-refractivity contribution is 6.20. The quantitative estimate of drug-likeness (QED) is 0.270. The fourth-order valence-corrected chi connectivity index (χ4v) is 5.17. The maximum atomic E-state index is 4.09. The first-order valence-electron chi connectivity index (χ1n) is 11.9. The number of anilines is 3. The van der Waals surface area contributed by atoms with Gasteiger partial charge in [0.15, 0.2) is 0 Å². The van der Waals surface area contributed by atoms with Crippen molar-refractivity contribution in [1.82, 2.24) is 0 Å². The van der Waals surface area contributed by atoms with Gasteiger partial charge in [-0.2, -0.15) is 0 Å². The van der Waals surface area contributed by atoms with Gasteiger partial charge in [0.1, 0.15) is 0 Å². The molecule has 0 saturated heterocycles. The molecule has 0 spiro atoms. The van der Waals surface area contributed by atoms with Crippen molar-refractivity contribution in [3.63, 3.8) is 0 Å². The van der Waals surface area contributed by atoms with Crippen molar-refractivity contribution in [2.24, 2.45) is 0 Å². The molecule has 4 aromatic carbocycles. The molecule has 1 nitrogen and oxygen atoms in total. The van der Waals surface area contributed by atoms with Crippen molar-refractivity contribution >= 4 is 51.1 Å². The summed E-state index contributed by atoms with van der Waals surface area (Å²) >= 11 is 0. The molecule has 4 aromatic rings. The zero-order valence-electron chi connectivity index (χ0n) is 20.4. The van der Waals surface area contributed by atoms with Crippen molar-refractivity contribution in [3.8, 4) is 0 Å². The topological polar surface area (TPSA) is 3.24 Å². The lowest BCUT2D eigenvalue weighted by molar-refractivity contribution is 1.28. The van der Waals surface area contributed by atoms with E-state index in [2.05, 4.69) is 117 Å². The molecule has 1 aliphatic carbocycles. The van der Waals surface area contributed by atoms with Crippen LogP contribution in [0.3, 0.4) is 0 Å². The van der Waals surface area contributed by atoms with Crippen LogP contribution in [0, 0.1) is 6.92 Å². The van der Waals surface area contributed by atoms with Crippen LogP contribution in [0.15, 0.2) is 111 Å². The van der Waals surface area contributed by atoms with Crippen LogP contribution in [0.5, 0.6) is 0 Å². The molecule has 0 atom stereocenters. The van der Waals surface area contributed by atoms with E-state index in [4.69, 9.17) is 0 Å². The van der Waals surface area contributed by atoms with Crippen LogP contribution >= 0.6 is 0 Å². The lowest BCUT2D eigenvalue weighted by atomic mass is 9.98. The number of hydrogen-bond donors (Lipinski definition) is 0. The van der Waals surface area contributed by atoms with Crippen LogP contribution in [-0.2, 0) is 0 Å². The highest BCUT2D eigenvalue weighted by atomic mass is 15.1. The monoisotopic (exact) mass is 451 g/mol. The maximum absolute atomic E-state index is 4.09. The van der Waals surface area contributed by atoms with Gasteiger partial charge in [0.2, 0.25) is 0 Å². The minimum Gasteiger partial charge on any atom is -0.310 e. The number of rotatable bonds is 7. The Morgan fingerprint density at radius 2 is 1.40 bits per heavy atom. The Hall–Kier alpha value is -4.36. The van der Waals surface area contributed by atoms with Crippen LogP contribution in [0.2, 0.25) is 0 Å². The van der Waals surface area contributed by atoms with E-state index in [1.54, 1.807) is 0 Å². The Bertz CT molecular complexity index is 1540. The van der Waals surface area contributed by atoms with Gasteiger partial charge in [0.25, 0.3) is 0 Å². The molecule has 0 saturated carbocycles. The molecule has 0 radical (unpaired) electrons. The molecule has 0 fully saturated rings. The van der Waals surface area contributed by atoms with E-state index in [1.165, 1.54) is 27.5 Å². The molecule has 1 aliphatic rings. The number of allylic oxidation sites excluding steroid dienone is 5. The molecular weight excluding hydrogens is 422 g/mol. The van der Waals surface area contributed by atoms with Crippen LogP contribution < -0.4 is 4.90 Å². The third kappa shape index (κ3) is 3.66. The number of nitrogens with zero attached hydrogens (tertiary/aromatic N) is 1. The fourth-order valence-electron chi connectivity index (χ4n) is 5.17. The van der Waals surface area contributed by atoms with E-state index in [1.807, 2.05) is 25.2 Å². The maximum Gasteiger partial charge on any atom is 0.0540 e. The lowest BCUT2D eigenvalue weighted by Crippen LogP contribution is -2.11. The number of benzene rings is 4. The van der Waals surface area contributed by atoms with E-state index in [9.17, 15) is 0 Å². The van der Waals surface area contributed by atoms with E-state index in [0.29, 0.717) is 0 Å². The summed E-state index contributed by atoms with van der Waals surface area (Å²) in [4.78, 5) is 2.36. The largest absolute Gasteiger partial charge is 0.310 e. The Morgan fingerprint density at radius 1 is 0.686 bits per heavy atom. The summed E-state index contributed by atoms with van der Waals surface area (Å²) in [6.45, 7) is 16.4. The third-order valence-electron chi connectivity index (χ3n) is 6.69. The molecule has 5 rings (SSSR count). The van der Waals surface area contributed by atoms with Crippen LogP contribution in [0.4, 0.5) is 17.1 Å². The second kappa shape index (κ2) is 9.12. The van der Waals surface area contributed by atoms with Crippen LogP contribution in [0.25, 0.3) is 34.1 Å². The molecule has 0 aromatic heterocycles. The van der Waals surface area contributed by atoms with E-state index < -0.39 is 0 Å². The third-order valence-corrected chi connectivity index (χ3v) is 6.69. The van der Waals surface area contributed by atoms with Gasteiger partial charge < -0.3 is 4.90 Å². The SMILES string of the molecule is C=CC1=C(C=C)c2ccc(N(c3cccc(C)c3)c3ccc(C=C)c(/C=C\C)c3)c3cccc1c23. The molecule has 0 amide bonds. The zero-order chi connectivity index (χ0) is 24.5. The summed E-state index contributed by atoms with van der Waals surface area (Å²) in [5.74, 6) is 0. The second-order valence-electron chi connectivity index (χ2n) is 8.79. The molecule has 0 unspecified atom stereocenters. The minimum atomic E-state index is 1.11. The Morgan fingerprint density at radius 3 is 2.09 bits per heavy atom. The molecule has 35 heavy (non-hydrogen) atoms. The van der Waals surface area contributed by atoms with Gasteiger partial charge in [-0.1, -0.05) is 92.6 Å². The molecular formula is C34H29N. The van der Waals surface area contributed by atoms with Crippen molar-refractivity contribution in [3.05, 3.63) is 139 Å². The zero-order valence-corrected chi connectivity index (χ0v) is 20.4. The van der Waals surface area contributed by atoms with Gasteiger partial charge in [-0.25, -0.2) is 0 Å². The van der Waals surface area contributed by atoms with Gasteiger partial charge in [0.05, 0.1) is 5.69 Å². The van der Waals surface area contributed by atoms with E-state index in [-0.39, 0.29) is 0 Å². The average Bonchev–Trinajstić information content (AvgIpc) is 3.20. The van der Waals surface area contributed by atoms with Crippen molar-refractivity contribution < 1.29 is 0 Å². The van der Waals surface area contributed by atoms with Gasteiger partial charge >= 0.3 is 0 Å². The number of hydrogen-bond acceptors (Lipinski definition) is 1. The van der Waals surface area contributed by atoms with Crippen LogP contribution in [0.1, 0.15) is 34.7 Å². The summed E-state index contributed by atoms with van der Waals surface area (Å²) in [5.41, 5.74) is 11.6. The first-order chi connectivity index (χ1) is 17.1. The summed E-state index contributed by atoms with van der Waals surface area (Å²) in [6, 6.07) is 26.2. The Balaban J connectivity index is 1.82. The molecule has 0 bridgehead atoms. The van der Waals surface area contributed by atoms with E-state index >= 15 is 0 Å². The van der Waals surface area contributed by atoms with Gasteiger partial charge in [-0.05, 0) is 88.5 Å². The predicted molar refractivity (Wildman–Crippen MR) is 155 cm³/mol. The van der Waals surface area contributed by atoms with Crippen molar-refractivity contribution in [2.45, 2.75) is 13.8 Å². The summed E-state index contributed by atoms with van der Waals surface area (Å²) < 4.78 is 0. The lowest BCUT2D eigenvalue weighted by Gasteiger charge is -2.28. The molecule has 0 heterocycles. The first-order valence-corrected chi connectivity index (χ1v) is 11.9. The summed E-state index contributed by atoms with van der Waals surface area (Å²) in [5, 5.41) is 2.46. The van der Waals surface area contributed by atoms with Crippen molar-refractivity contribution in [1.29, 1.82) is 0 Å². The van der Waals surface area contributed by atoms with E-state index in [0.717, 1.165) is 39.3 Å². The average molecular weight is 452 g/mol. The Labute approximate surface area is 208 Å². The highest BCUT2D eigenvalue weighted by Gasteiger charge is 2.24. The minimum absolute atomic E-state index is 1.11. The smallest absolute Gasteiger partial charge is 0.0540 e. The predicted octanol–water partition coefficient (Wildman–Crippen LogP) is 9.89. The normalized spacial score (nSPS) is 12.4. The number of aryl methyl sites for hydroxylation is 1. The van der Waals surface area contributed by atoms with Crippen LogP contribution in [-0.4, -0.2) is 0 Å². The standard InChI is InChI=1S/C34H29N/c1-6-12-25-22-27(18-17-24(25)7-2)35(26-14-10-13-23(5)21-26)33-20-19-31-29(9-4)28(8-3)30-15-11-16-32(33)34(30)31/h6-22H,2-4H2,1,5H3/b12-6-. The summed E-state index contributed by atoms with van der Waals surface area (Å²) in [6.07, 6.45) is 10.0. The Kier molecular flexibility index (Phi) is 5.84. The highest BCUT2D eigenvalue weighted by Crippen LogP contribution is 2.48. The van der Waals surface area contributed by atoms with Crippen molar-refractivity contribution in [2.75, 3.05) is 4.90 Å². The molecule has 0 N–H and O–H groups in total. The first kappa shape index (κ1) is 22.4. The molecule has 0 aliphatic heterocycles. The van der Waals surface area contributed by atoms with Gasteiger partial charge in [0, 0.05) is 16.8 Å². The molecule has 170 valence electrons. The van der Waals surface area contributed by atoms with Gasteiger partial charge in [-0.15, -0.1) is 0 Å².